The molecule has 0 bridgehead atoms. The first-order chi connectivity index (χ1) is 18.0. The van der Waals surface area contributed by atoms with Gasteiger partial charge in [-0.25, -0.2) is 4.79 Å². The van der Waals surface area contributed by atoms with Crippen LogP contribution in [0.15, 0.2) is 48.5 Å². The highest BCUT2D eigenvalue weighted by Crippen LogP contribution is 2.45. The number of anilines is 1. The van der Waals surface area contributed by atoms with Crippen molar-refractivity contribution in [2.75, 3.05) is 11.9 Å². The zero-order valence-corrected chi connectivity index (χ0v) is 23.4. The van der Waals surface area contributed by atoms with Crippen molar-refractivity contribution in [2.24, 2.45) is 0 Å². The van der Waals surface area contributed by atoms with Gasteiger partial charge in [0.15, 0.2) is 6.61 Å². The predicted molar refractivity (Wildman–Crippen MR) is 147 cm³/mol. The lowest BCUT2D eigenvalue weighted by Crippen LogP contribution is -2.47. The largest absolute Gasteiger partial charge is 0.454 e. The second-order valence-electron chi connectivity index (χ2n) is 7.97. The highest BCUT2D eigenvalue weighted by atomic mass is 35.5. The summed E-state index contributed by atoms with van der Waals surface area (Å²) >= 11 is 36.6. The van der Waals surface area contributed by atoms with Crippen LogP contribution >= 0.6 is 69.6 Å². The fourth-order valence-corrected chi connectivity index (χ4v) is 5.13. The van der Waals surface area contributed by atoms with E-state index in [1.54, 1.807) is 30.3 Å². The molecular formula is C25H14Cl6N2O5. The van der Waals surface area contributed by atoms with Crippen LogP contribution in [0.1, 0.15) is 26.3 Å². The van der Waals surface area contributed by atoms with Crippen LogP contribution in [0.25, 0.3) is 0 Å². The zero-order chi connectivity index (χ0) is 27.7. The Hall–Kier alpha value is -2.52. The van der Waals surface area contributed by atoms with E-state index in [4.69, 9.17) is 74.3 Å². The monoisotopic (exact) mass is 632 g/mol. The molecule has 0 saturated carbocycles. The van der Waals surface area contributed by atoms with Crippen molar-refractivity contribution >= 4 is 99.0 Å². The molecule has 3 amide bonds. The smallest absolute Gasteiger partial charge is 0.330 e. The van der Waals surface area contributed by atoms with E-state index in [2.05, 4.69) is 5.32 Å². The lowest BCUT2D eigenvalue weighted by Gasteiger charge is -2.24. The van der Waals surface area contributed by atoms with Gasteiger partial charge in [0.25, 0.3) is 17.7 Å². The minimum Gasteiger partial charge on any atom is -0.454 e. The van der Waals surface area contributed by atoms with Crippen LogP contribution in [-0.4, -0.2) is 41.2 Å². The average molecular weight is 635 g/mol. The first kappa shape index (κ1) is 28.5. The summed E-state index contributed by atoms with van der Waals surface area (Å²) < 4.78 is 5.21. The van der Waals surface area contributed by atoms with Crippen LogP contribution in [-0.2, 0) is 20.7 Å². The first-order valence-corrected chi connectivity index (χ1v) is 13.0. The summed E-state index contributed by atoms with van der Waals surface area (Å²) in [5.74, 6) is -3.58. The van der Waals surface area contributed by atoms with Crippen molar-refractivity contribution in [3.8, 4) is 0 Å². The maximum atomic E-state index is 13.4. The number of nitrogens with one attached hydrogen (secondary N) is 1. The molecule has 1 N–H and O–H groups in total. The summed E-state index contributed by atoms with van der Waals surface area (Å²) in [6.07, 6.45) is -0.121. The molecule has 0 saturated heterocycles. The Morgan fingerprint density at radius 2 is 1.39 bits per heavy atom. The molecule has 0 radical (unpaired) electrons. The highest BCUT2D eigenvalue weighted by Gasteiger charge is 2.47. The van der Waals surface area contributed by atoms with Gasteiger partial charge in [-0.3, -0.25) is 19.3 Å². The highest BCUT2D eigenvalue weighted by molar-refractivity contribution is 6.55. The predicted octanol–water partition coefficient (Wildman–Crippen LogP) is 7.00. The van der Waals surface area contributed by atoms with Gasteiger partial charge in [-0.2, -0.15) is 0 Å². The van der Waals surface area contributed by atoms with E-state index in [1.807, 2.05) is 0 Å². The number of ether oxygens (including phenoxy) is 1. The number of carbonyl (C=O) groups is 4. The number of rotatable bonds is 7. The SMILES string of the molecule is O=C(COC(=O)[C@@H](Cc1ccccc1)N1C(=O)c2c(Cl)c(Cl)c(Cl)c(Cl)c2C1=O)Nc1cc(Cl)ccc1Cl. The minimum absolute atomic E-state index is 0.121. The maximum absolute atomic E-state index is 13.4. The molecule has 3 aromatic carbocycles. The number of nitrogens with zero attached hydrogens (tertiary/aromatic N) is 1. The van der Waals surface area contributed by atoms with Crippen molar-refractivity contribution in [1.82, 2.24) is 4.90 Å². The van der Waals surface area contributed by atoms with E-state index in [9.17, 15) is 19.2 Å². The van der Waals surface area contributed by atoms with Gasteiger partial charge in [-0.1, -0.05) is 99.9 Å². The summed E-state index contributed by atoms with van der Waals surface area (Å²) in [4.78, 5) is 53.1. The minimum atomic E-state index is -1.47. The fourth-order valence-electron chi connectivity index (χ4n) is 3.78. The molecule has 0 aromatic heterocycles. The van der Waals surface area contributed by atoms with Gasteiger partial charge < -0.3 is 10.1 Å². The second kappa shape index (κ2) is 11.7. The second-order valence-corrected chi connectivity index (χ2v) is 10.3. The van der Waals surface area contributed by atoms with Crippen LogP contribution in [0.2, 0.25) is 30.1 Å². The Balaban J connectivity index is 1.61. The van der Waals surface area contributed by atoms with Crippen molar-refractivity contribution in [2.45, 2.75) is 12.5 Å². The van der Waals surface area contributed by atoms with E-state index < -0.39 is 36.3 Å². The van der Waals surface area contributed by atoms with E-state index in [1.165, 1.54) is 18.2 Å². The molecule has 1 aliphatic heterocycles. The van der Waals surface area contributed by atoms with Gasteiger partial charge in [0.05, 0.1) is 41.9 Å². The van der Waals surface area contributed by atoms with Gasteiger partial charge in [0.2, 0.25) is 0 Å². The normalized spacial score (nSPS) is 13.4. The number of imide groups is 1. The molecule has 1 heterocycles. The molecular weight excluding hydrogens is 621 g/mol. The lowest BCUT2D eigenvalue weighted by atomic mass is 10.0. The number of amides is 3. The van der Waals surface area contributed by atoms with Crippen molar-refractivity contribution in [1.29, 1.82) is 0 Å². The van der Waals surface area contributed by atoms with Crippen molar-refractivity contribution in [3.63, 3.8) is 0 Å². The molecule has 0 fully saturated rings. The van der Waals surface area contributed by atoms with Crippen LogP contribution in [0, 0.1) is 0 Å². The van der Waals surface area contributed by atoms with Gasteiger partial charge >= 0.3 is 5.97 Å². The summed E-state index contributed by atoms with van der Waals surface area (Å²) in [5, 5.41) is 2.05. The molecule has 4 rings (SSSR count). The standard InChI is InChI=1S/C25H14Cl6N2O5/c26-12-6-7-13(27)14(9-12)32-16(34)10-38-25(37)15(8-11-4-2-1-3-5-11)33-23(35)17-18(24(33)36)20(29)22(31)21(30)19(17)28/h1-7,9,15H,8,10H2,(H,32,34)/t15-/m1/s1. The molecule has 196 valence electrons. The lowest BCUT2D eigenvalue weighted by molar-refractivity contribution is -0.151. The number of esters is 1. The van der Waals surface area contributed by atoms with Crippen LogP contribution < -0.4 is 5.32 Å². The van der Waals surface area contributed by atoms with Gasteiger partial charge in [-0.05, 0) is 23.8 Å². The first-order valence-electron chi connectivity index (χ1n) is 10.7. The summed E-state index contributed by atoms with van der Waals surface area (Å²) in [5.41, 5.74) is 0.249. The van der Waals surface area contributed by atoms with Crippen molar-refractivity contribution < 1.29 is 23.9 Å². The molecule has 0 aliphatic carbocycles. The third-order valence-corrected chi connectivity index (χ3v) is 7.90. The number of carbonyl (C=O) groups excluding carboxylic acids is 4. The van der Waals surface area contributed by atoms with Crippen LogP contribution in [0.5, 0.6) is 0 Å². The number of benzene rings is 3. The average Bonchev–Trinajstić information content (AvgIpc) is 3.15. The van der Waals surface area contributed by atoms with Gasteiger partial charge in [-0.15, -0.1) is 0 Å². The topological polar surface area (TPSA) is 92.8 Å². The number of hydrogen-bond acceptors (Lipinski definition) is 5. The summed E-state index contributed by atoms with van der Waals surface area (Å²) in [7, 11) is 0. The Bertz CT molecular complexity index is 1430. The summed E-state index contributed by atoms with van der Waals surface area (Å²) in [6, 6.07) is 11.5. The molecule has 3 aromatic rings. The van der Waals surface area contributed by atoms with Crippen molar-refractivity contribution in [3.05, 3.63) is 95.4 Å². The molecule has 38 heavy (non-hydrogen) atoms. The third-order valence-electron chi connectivity index (χ3n) is 5.54. The Morgan fingerprint density at radius 1 is 0.816 bits per heavy atom. The van der Waals surface area contributed by atoms with E-state index in [0.717, 1.165) is 0 Å². The Labute approximate surface area is 246 Å². The van der Waals surface area contributed by atoms with Gasteiger partial charge in [0, 0.05) is 11.4 Å². The zero-order valence-electron chi connectivity index (χ0n) is 18.9. The van der Waals surface area contributed by atoms with Gasteiger partial charge in [0.1, 0.15) is 6.04 Å². The Kier molecular flexibility index (Phi) is 8.77. The molecule has 1 atom stereocenters. The Morgan fingerprint density at radius 3 is 1.97 bits per heavy atom. The quantitative estimate of drug-likeness (QED) is 0.131. The number of fused-ring (bicyclic) bond motifs is 1. The van der Waals surface area contributed by atoms with Crippen LogP contribution in [0.3, 0.4) is 0 Å². The molecule has 0 unspecified atom stereocenters. The molecule has 0 spiro atoms. The third kappa shape index (κ3) is 5.59. The molecule has 7 nitrogen and oxygen atoms in total. The van der Waals surface area contributed by atoms with E-state index in [-0.39, 0.29) is 48.3 Å². The number of halogens is 6. The number of hydrogen-bond donors (Lipinski definition) is 1. The summed E-state index contributed by atoms with van der Waals surface area (Å²) in [6.45, 7) is -0.741. The van der Waals surface area contributed by atoms with E-state index >= 15 is 0 Å². The fraction of sp³-hybridized carbons (Fsp3) is 0.120. The van der Waals surface area contributed by atoms with E-state index in [0.29, 0.717) is 15.5 Å². The van der Waals surface area contributed by atoms with Crippen LogP contribution in [0.4, 0.5) is 5.69 Å². The maximum Gasteiger partial charge on any atom is 0.330 e. The molecule has 1 aliphatic rings. The molecule has 13 heteroatoms.